The predicted octanol–water partition coefficient (Wildman–Crippen LogP) is 1.06. The Hall–Kier alpha value is -2.87. The largest absolute Gasteiger partial charge is 0.486 e. The molecular weight excluding hydrogens is 338 g/mol. The molecule has 0 unspecified atom stereocenters. The molecule has 1 aromatic heterocycles. The van der Waals surface area contributed by atoms with Gasteiger partial charge in [0.2, 0.25) is 0 Å². The van der Waals surface area contributed by atoms with E-state index in [-0.39, 0.29) is 11.5 Å². The van der Waals surface area contributed by atoms with Crippen LogP contribution in [0.2, 0.25) is 0 Å². The van der Waals surface area contributed by atoms with Crippen LogP contribution in [-0.4, -0.2) is 53.7 Å². The lowest BCUT2D eigenvalue weighted by Crippen LogP contribution is -2.43. The summed E-state index contributed by atoms with van der Waals surface area (Å²) >= 11 is 0. The first-order chi connectivity index (χ1) is 12.6. The quantitative estimate of drug-likeness (QED) is 0.864. The molecule has 2 aliphatic heterocycles. The van der Waals surface area contributed by atoms with Crippen molar-refractivity contribution in [2.24, 2.45) is 0 Å². The van der Waals surface area contributed by atoms with E-state index >= 15 is 0 Å². The van der Waals surface area contributed by atoms with E-state index in [1.165, 1.54) is 6.07 Å². The van der Waals surface area contributed by atoms with Crippen molar-refractivity contribution in [3.8, 4) is 11.5 Å². The molecule has 8 heteroatoms. The SMILES string of the molecule is Cc1cc(=O)[nH]c([C@H]2CN(C(=O)c3cccc4c3OCCO4)CCO2)n1. The van der Waals surface area contributed by atoms with Crippen LogP contribution in [0.4, 0.5) is 0 Å². The van der Waals surface area contributed by atoms with Crippen LogP contribution >= 0.6 is 0 Å². The standard InChI is InChI=1S/C18H19N3O5/c1-11-9-15(22)20-17(19-11)14-10-21(5-6-24-14)18(23)12-3-2-4-13-16(12)26-8-7-25-13/h2-4,9,14H,5-8,10H2,1H3,(H,19,20,22)/t14-/m1/s1. The van der Waals surface area contributed by atoms with Crippen molar-refractivity contribution in [2.75, 3.05) is 32.9 Å². The van der Waals surface area contributed by atoms with Crippen molar-refractivity contribution >= 4 is 5.91 Å². The third-order valence-electron chi connectivity index (χ3n) is 4.34. The highest BCUT2D eigenvalue weighted by Gasteiger charge is 2.30. The number of nitrogens with one attached hydrogen (secondary N) is 1. The molecule has 1 aromatic carbocycles. The fraction of sp³-hybridized carbons (Fsp3) is 0.389. The number of nitrogens with zero attached hydrogens (tertiary/aromatic N) is 2. The Balaban J connectivity index is 1.58. The molecule has 1 fully saturated rings. The molecular formula is C18H19N3O5. The van der Waals surface area contributed by atoms with Gasteiger partial charge in [-0.15, -0.1) is 0 Å². The van der Waals surface area contributed by atoms with Gasteiger partial charge >= 0.3 is 0 Å². The highest BCUT2D eigenvalue weighted by Crippen LogP contribution is 2.34. The van der Waals surface area contributed by atoms with Crippen LogP contribution in [0.1, 0.15) is 28.0 Å². The molecule has 4 rings (SSSR count). The summed E-state index contributed by atoms with van der Waals surface area (Å²) < 4.78 is 16.9. The Kier molecular flexibility index (Phi) is 4.34. The number of para-hydroxylation sites is 1. The van der Waals surface area contributed by atoms with E-state index in [9.17, 15) is 9.59 Å². The van der Waals surface area contributed by atoms with Crippen LogP contribution in [0.5, 0.6) is 11.5 Å². The topological polar surface area (TPSA) is 93.8 Å². The Morgan fingerprint density at radius 3 is 2.96 bits per heavy atom. The number of morpholine rings is 1. The number of ether oxygens (including phenoxy) is 3. The van der Waals surface area contributed by atoms with Crippen molar-refractivity contribution in [3.05, 3.63) is 51.7 Å². The number of carbonyl (C=O) groups excluding carboxylic acids is 1. The third kappa shape index (κ3) is 3.15. The zero-order valence-corrected chi connectivity index (χ0v) is 14.4. The van der Waals surface area contributed by atoms with Gasteiger partial charge in [0.05, 0.1) is 18.7 Å². The molecule has 136 valence electrons. The number of aromatic amines is 1. The van der Waals surface area contributed by atoms with Gasteiger partial charge in [-0.3, -0.25) is 9.59 Å². The number of benzene rings is 1. The van der Waals surface area contributed by atoms with Gasteiger partial charge < -0.3 is 24.1 Å². The van der Waals surface area contributed by atoms with Gasteiger partial charge in [-0.1, -0.05) is 6.07 Å². The van der Waals surface area contributed by atoms with Crippen LogP contribution in [0, 0.1) is 6.92 Å². The summed E-state index contributed by atoms with van der Waals surface area (Å²) in [5.41, 5.74) is 0.842. The monoisotopic (exact) mass is 357 g/mol. The second-order valence-corrected chi connectivity index (χ2v) is 6.21. The Morgan fingerprint density at radius 1 is 1.27 bits per heavy atom. The van der Waals surface area contributed by atoms with E-state index in [4.69, 9.17) is 14.2 Å². The average molecular weight is 357 g/mol. The van der Waals surface area contributed by atoms with Crippen LogP contribution in [-0.2, 0) is 4.74 Å². The number of carbonyl (C=O) groups is 1. The highest BCUT2D eigenvalue weighted by atomic mass is 16.6. The number of rotatable bonds is 2. The second-order valence-electron chi connectivity index (χ2n) is 6.21. The maximum absolute atomic E-state index is 13.0. The number of amides is 1. The minimum atomic E-state index is -0.475. The fourth-order valence-electron chi connectivity index (χ4n) is 3.17. The first-order valence-electron chi connectivity index (χ1n) is 8.49. The summed E-state index contributed by atoms with van der Waals surface area (Å²) in [6.45, 7) is 3.75. The molecule has 0 saturated carbocycles. The molecule has 2 aromatic rings. The predicted molar refractivity (Wildman–Crippen MR) is 91.6 cm³/mol. The lowest BCUT2D eigenvalue weighted by Gasteiger charge is -2.33. The molecule has 8 nitrogen and oxygen atoms in total. The van der Waals surface area contributed by atoms with E-state index in [1.807, 2.05) is 0 Å². The summed E-state index contributed by atoms with van der Waals surface area (Å²) in [5.74, 6) is 1.34. The summed E-state index contributed by atoms with van der Waals surface area (Å²) in [6, 6.07) is 6.71. The molecule has 0 radical (unpaired) electrons. The zero-order valence-electron chi connectivity index (χ0n) is 14.4. The molecule has 1 N–H and O–H groups in total. The average Bonchev–Trinajstić information content (AvgIpc) is 2.66. The van der Waals surface area contributed by atoms with Gasteiger partial charge in [0.15, 0.2) is 11.5 Å². The number of H-pyrrole nitrogens is 1. The molecule has 26 heavy (non-hydrogen) atoms. The smallest absolute Gasteiger partial charge is 0.257 e. The van der Waals surface area contributed by atoms with Crippen molar-refractivity contribution in [1.82, 2.24) is 14.9 Å². The number of fused-ring (bicyclic) bond motifs is 1. The molecule has 2 aliphatic rings. The summed E-state index contributed by atoms with van der Waals surface area (Å²) in [7, 11) is 0. The lowest BCUT2D eigenvalue weighted by molar-refractivity contribution is -0.0271. The van der Waals surface area contributed by atoms with Gasteiger partial charge in [-0.05, 0) is 19.1 Å². The van der Waals surface area contributed by atoms with Crippen LogP contribution in [0.25, 0.3) is 0 Å². The van der Waals surface area contributed by atoms with Crippen LogP contribution in [0.3, 0.4) is 0 Å². The van der Waals surface area contributed by atoms with Gasteiger partial charge in [0.1, 0.15) is 25.1 Å². The molecule has 1 saturated heterocycles. The zero-order chi connectivity index (χ0) is 18.1. The molecule has 1 atom stereocenters. The minimum Gasteiger partial charge on any atom is -0.486 e. The van der Waals surface area contributed by atoms with Gasteiger partial charge in [-0.2, -0.15) is 0 Å². The Morgan fingerprint density at radius 2 is 2.12 bits per heavy atom. The molecule has 0 spiro atoms. The van der Waals surface area contributed by atoms with E-state index in [0.717, 1.165) is 0 Å². The Bertz CT molecular complexity index is 895. The number of aromatic nitrogens is 2. The maximum Gasteiger partial charge on any atom is 0.257 e. The molecule has 0 aliphatic carbocycles. The third-order valence-corrected chi connectivity index (χ3v) is 4.34. The van der Waals surface area contributed by atoms with E-state index in [1.54, 1.807) is 30.0 Å². The Labute approximate surface area is 149 Å². The van der Waals surface area contributed by atoms with E-state index < -0.39 is 6.10 Å². The molecule has 0 bridgehead atoms. The molecule has 3 heterocycles. The summed E-state index contributed by atoms with van der Waals surface area (Å²) in [4.78, 5) is 33.4. The van der Waals surface area contributed by atoms with Crippen molar-refractivity contribution in [3.63, 3.8) is 0 Å². The van der Waals surface area contributed by atoms with E-state index in [2.05, 4.69) is 9.97 Å². The first-order valence-corrected chi connectivity index (χ1v) is 8.49. The number of hydrogen-bond acceptors (Lipinski definition) is 6. The number of aryl methyl sites for hydroxylation is 1. The lowest BCUT2D eigenvalue weighted by atomic mass is 10.1. The first kappa shape index (κ1) is 16.6. The van der Waals surface area contributed by atoms with E-state index in [0.29, 0.717) is 61.5 Å². The van der Waals surface area contributed by atoms with Gasteiger partial charge in [0, 0.05) is 18.3 Å². The van der Waals surface area contributed by atoms with Crippen LogP contribution in [0.15, 0.2) is 29.1 Å². The van der Waals surface area contributed by atoms with Crippen molar-refractivity contribution in [1.29, 1.82) is 0 Å². The van der Waals surface area contributed by atoms with Crippen molar-refractivity contribution in [2.45, 2.75) is 13.0 Å². The maximum atomic E-state index is 13.0. The highest BCUT2D eigenvalue weighted by molar-refractivity contribution is 5.98. The summed E-state index contributed by atoms with van der Waals surface area (Å²) in [6.07, 6.45) is -0.475. The van der Waals surface area contributed by atoms with Gasteiger partial charge in [-0.25, -0.2) is 4.98 Å². The summed E-state index contributed by atoms with van der Waals surface area (Å²) in [5, 5.41) is 0. The van der Waals surface area contributed by atoms with Gasteiger partial charge in [0.25, 0.3) is 11.5 Å². The second kappa shape index (κ2) is 6.80. The minimum absolute atomic E-state index is 0.157. The number of hydrogen-bond donors (Lipinski definition) is 1. The fourth-order valence-corrected chi connectivity index (χ4v) is 3.17. The normalized spacial score (nSPS) is 19.3. The van der Waals surface area contributed by atoms with Crippen LogP contribution < -0.4 is 15.0 Å². The molecule has 1 amide bonds. The van der Waals surface area contributed by atoms with Crippen molar-refractivity contribution < 1.29 is 19.0 Å².